The molecule has 0 aromatic heterocycles. The first-order valence-corrected chi connectivity index (χ1v) is 5.25. The molecule has 0 aromatic rings. The summed E-state index contributed by atoms with van der Waals surface area (Å²) in [6.45, 7) is 7.13. The molecule has 0 nitrogen and oxygen atoms in total. The van der Waals surface area contributed by atoms with Crippen LogP contribution in [0.1, 0.15) is 52.9 Å². The lowest BCUT2D eigenvalue weighted by Crippen LogP contribution is -2.23. The molecule has 11 heavy (non-hydrogen) atoms. The Kier molecular flexibility index (Phi) is 3.42. The van der Waals surface area contributed by atoms with Gasteiger partial charge in [0.05, 0.1) is 0 Å². The summed E-state index contributed by atoms with van der Waals surface area (Å²) in [6, 6.07) is 0. The third-order valence-electron chi connectivity index (χ3n) is 3.35. The van der Waals surface area contributed by atoms with Gasteiger partial charge in [0.1, 0.15) is 0 Å². The average Bonchev–Trinajstić information content (AvgIpc) is 2.04. The van der Waals surface area contributed by atoms with E-state index >= 15 is 0 Å². The van der Waals surface area contributed by atoms with Crippen molar-refractivity contribution in [1.82, 2.24) is 0 Å². The highest BCUT2D eigenvalue weighted by Crippen LogP contribution is 2.36. The first kappa shape index (κ1) is 9.09. The molecule has 0 bridgehead atoms. The van der Waals surface area contributed by atoms with E-state index in [4.69, 9.17) is 0 Å². The predicted octanol–water partition coefficient (Wildman–Crippen LogP) is 3.86. The molecule has 1 fully saturated rings. The molecule has 1 rings (SSSR count). The smallest absolute Gasteiger partial charge is 0.0363 e. The monoisotopic (exact) mass is 154 g/mol. The molecule has 0 radical (unpaired) electrons. The maximum absolute atomic E-state index is 2.39. The third-order valence-corrected chi connectivity index (χ3v) is 3.35. The number of rotatable bonds is 2. The molecule has 0 unspecified atom stereocenters. The van der Waals surface area contributed by atoms with Gasteiger partial charge in [0.25, 0.3) is 0 Å². The summed E-state index contributed by atoms with van der Waals surface area (Å²) in [5.74, 6) is 3.00. The van der Waals surface area contributed by atoms with Crippen LogP contribution < -0.4 is 0 Å². The molecule has 2 atom stereocenters. The van der Waals surface area contributed by atoms with E-state index in [1.165, 1.54) is 32.1 Å². The Morgan fingerprint density at radius 2 is 1.82 bits per heavy atom. The van der Waals surface area contributed by atoms with Crippen LogP contribution >= 0.6 is 0 Å². The molecule has 0 saturated heterocycles. The molecule has 0 amide bonds. The number of hydrogen-bond donors (Lipinski definition) is 0. The summed E-state index contributed by atoms with van der Waals surface area (Å²) in [5.41, 5.74) is 0. The SMILES string of the molecule is CC[C@@H]1CCCC[C@H]1C(C)C. The molecule has 0 spiro atoms. The molecular weight excluding hydrogens is 132 g/mol. The van der Waals surface area contributed by atoms with E-state index in [1.54, 1.807) is 0 Å². The number of hydrogen-bond acceptors (Lipinski definition) is 0. The lowest BCUT2D eigenvalue weighted by molar-refractivity contribution is 0.175. The minimum absolute atomic E-state index is 0.917. The summed E-state index contributed by atoms with van der Waals surface area (Å²) in [6.07, 6.45) is 7.37. The Morgan fingerprint density at radius 3 is 2.27 bits per heavy atom. The highest BCUT2D eigenvalue weighted by molar-refractivity contribution is 4.76. The Labute approximate surface area is 71.4 Å². The van der Waals surface area contributed by atoms with E-state index in [9.17, 15) is 0 Å². The van der Waals surface area contributed by atoms with Gasteiger partial charge in [-0.05, 0) is 24.2 Å². The van der Waals surface area contributed by atoms with Gasteiger partial charge in [-0.15, -0.1) is 0 Å². The fourth-order valence-corrected chi connectivity index (χ4v) is 2.62. The molecule has 0 N–H and O–H groups in total. The van der Waals surface area contributed by atoms with Gasteiger partial charge in [0.15, 0.2) is 0 Å². The minimum atomic E-state index is 0.917. The lowest BCUT2D eigenvalue weighted by Gasteiger charge is -2.33. The summed E-state index contributed by atoms with van der Waals surface area (Å²) in [5, 5.41) is 0. The zero-order valence-electron chi connectivity index (χ0n) is 8.27. The fraction of sp³-hybridized carbons (Fsp3) is 1.00. The molecule has 66 valence electrons. The molecule has 1 aliphatic rings. The van der Waals surface area contributed by atoms with E-state index < -0.39 is 0 Å². The molecule has 0 aromatic carbocycles. The molecule has 1 saturated carbocycles. The lowest BCUT2D eigenvalue weighted by atomic mass is 9.72. The van der Waals surface area contributed by atoms with E-state index in [0.717, 1.165) is 17.8 Å². The Morgan fingerprint density at radius 1 is 1.18 bits per heavy atom. The molecule has 0 heterocycles. The second-order valence-corrected chi connectivity index (χ2v) is 4.36. The van der Waals surface area contributed by atoms with Crippen LogP contribution in [-0.2, 0) is 0 Å². The summed E-state index contributed by atoms with van der Waals surface area (Å²) >= 11 is 0. The highest BCUT2D eigenvalue weighted by Gasteiger charge is 2.25. The van der Waals surface area contributed by atoms with Gasteiger partial charge < -0.3 is 0 Å². The van der Waals surface area contributed by atoms with Crippen LogP contribution in [0, 0.1) is 17.8 Å². The van der Waals surface area contributed by atoms with Gasteiger partial charge in [-0.2, -0.15) is 0 Å². The van der Waals surface area contributed by atoms with Crippen LogP contribution in [0.4, 0.5) is 0 Å². The first-order valence-electron chi connectivity index (χ1n) is 5.25. The van der Waals surface area contributed by atoms with Crippen LogP contribution in [0.25, 0.3) is 0 Å². The van der Waals surface area contributed by atoms with Crippen LogP contribution in [0.5, 0.6) is 0 Å². The van der Waals surface area contributed by atoms with Crippen molar-refractivity contribution in [3.05, 3.63) is 0 Å². The van der Waals surface area contributed by atoms with Gasteiger partial charge in [0, 0.05) is 0 Å². The van der Waals surface area contributed by atoms with Crippen molar-refractivity contribution in [3.63, 3.8) is 0 Å². The largest absolute Gasteiger partial charge is 0.0651 e. The summed E-state index contributed by atoms with van der Waals surface area (Å²) in [7, 11) is 0. The van der Waals surface area contributed by atoms with Crippen LogP contribution in [0.3, 0.4) is 0 Å². The van der Waals surface area contributed by atoms with Crippen LogP contribution in [-0.4, -0.2) is 0 Å². The van der Waals surface area contributed by atoms with Crippen molar-refractivity contribution in [2.45, 2.75) is 52.9 Å². The van der Waals surface area contributed by atoms with Gasteiger partial charge in [-0.25, -0.2) is 0 Å². The summed E-state index contributed by atoms with van der Waals surface area (Å²) < 4.78 is 0. The van der Waals surface area contributed by atoms with Crippen molar-refractivity contribution in [1.29, 1.82) is 0 Å². The zero-order chi connectivity index (χ0) is 8.27. The van der Waals surface area contributed by atoms with Crippen molar-refractivity contribution in [2.24, 2.45) is 17.8 Å². The average molecular weight is 154 g/mol. The van der Waals surface area contributed by atoms with Crippen molar-refractivity contribution >= 4 is 0 Å². The summed E-state index contributed by atoms with van der Waals surface area (Å²) in [4.78, 5) is 0. The third kappa shape index (κ3) is 2.21. The van der Waals surface area contributed by atoms with Crippen molar-refractivity contribution in [3.8, 4) is 0 Å². The topological polar surface area (TPSA) is 0 Å². The molecule has 0 heteroatoms. The normalized spacial score (nSPS) is 32.7. The first-order chi connectivity index (χ1) is 5.25. The predicted molar refractivity (Wildman–Crippen MR) is 50.6 cm³/mol. The second kappa shape index (κ2) is 4.13. The highest BCUT2D eigenvalue weighted by atomic mass is 14.3. The molecular formula is C11H22. The fourth-order valence-electron chi connectivity index (χ4n) is 2.62. The molecule has 0 aliphatic heterocycles. The Bertz CT molecular complexity index is 105. The Hall–Kier alpha value is 0. The maximum atomic E-state index is 2.39. The van der Waals surface area contributed by atoms with E-state index in [2.05, 4.69) is 20.8 Å². The van der Waals surface area contributed by atoms with Crippen molar-refractivity contribution < 1.29 is 0 Å². The molecule has 1 aliphatic carbocycles. The zero-order valence-corrected chi connectivity index (χ0v) is 8.27. The Balaban J connectivity index is 2.44. The van der Waals surface area contributed by atoms with Crippen LogP contribution in [0.2, 0.25) is 0 Å². The van der Waals surface area contributed by atoms with Gasteiger partial charge in [-0.3, -0.25) is 0 Å². The maximum Gasteiger partial charge on any atom is -0.0363 e. The standard InChI is InChI=1S/C11H22/c1-4-10-7-5-6-8-11(10)9(2)3/h9-11H,4-8H2,1-3H3/t10-,11+/m1/s1. The van der Waals surface area contributed by atoms with Gasteiger partial charge in [-0.1, -0.05) is 46.5 Å². The second-order valence-electron chi connectivity index (χ2n) is 4.36. The van der Waals surface area contributed by atoms with E-state index in [-0.39, 0.29) is 0 Å². The van der Waals surface area contributed by atoms with E-state index in [1.807, 2.05) is 0 Å². The van der Waals surface area contributed by atoms with Crippen LogP contribution in [0.15, 0.2) is 0 Å². The van der Waals surface area contributed by atoms with Crippen molar-refractivity contribution in [2.75, 3.05) is 0 Å². The minimum Gasteiger partial charge on any atom is -0.0651 e. The van der Waals surface area contributed by atoms with Gasteiger partial charge in [0.2, 0.25) is 0 Å². The van der Waals surface area contributed by atoms with Gasteiger partial charge >= 0.3 is 0 Å². The van der Waals surface area contributed by atoms with E-state index in [0.29, 0.717) is 0 Å². The quantitative estimate of drug-likeness (QED) is 0.566.